The topological polar surface area (TPSA) is 49.4 Å². The molecule has 0 saturated carbocycles. The number of hydrogen-bond acceptors (Lipinski definition) is 3. The van der Waals surface area contributed by atoms with Gasteiger partial charge < -0.3 is 5.32 Å². The smallest absolute Gasteiger partial charge is 0.257 e. The van der Waals surface area contributed by atoms with Crippen molar-refractivity contribution in [2.24, 2.45) is 0 Å². The van der Waals surface area contributed by atoms with Crippen molar-refractivity contribution in [1.29, 1.82) is 0 Å². The van der Waals surface area contributed by atoms with Crippen molar-refractivity contribution in [3.8, 4) is 0 Å². The van der Waals surface area contributed by atoms with E-state index in [1.54, 1.807) is 23.9 Å². The number of anilines is 2. The third kappa shape index (κ3) is 4.33. The van der Waals surface area contributed by atoms with Gasteiger partial charge in [0.1, 0.15) is 5.37 Å². The molecular formula is C23H18Cl2N2O2S. The van der Waals surface area contributed by atoms with Gasteiger partial charge in [0, 0.05) is 16.4 Å². The maximum Gasteiger partial charge on any atom is 0.257 e. The van der Waals surface area contributed by atoms with Crippen LogP contribution in [0.2, 0.25) is 10.0 Å². The molecule has 3 aromatic carbocycles. The largest absolute Gasteiger partial charge is 0.322 e. The van der Waals surface area contributed by atoms with E-state index in [-0.39, 0.29) is 17.2 Å². The Hall–Kier alpha value is -2.47. The van der Waals surface area contributed by atoms with Crippen LogP contribution in [-0.4, -0.2) is 17.6 Å². The Morgan fingerprint density at radius 3 is 2.40 bits per heavy atom. The van der Waals surface area contributed by atoms with Crippen LogP contribution in [0.25, 0.3) is 0 Å². The Labute approximate surface area is 189 Å². The van der Waals surface area contributed by atoms with Crippen LogP contribution in [0.1, 0.15) is 26.9 Å². The zero-order valence-corrected chi connectivity index (χ0v) is 18.4. The molecular weight excluding hydrogens is 439 g/mol. The SMILES string of the molecule is Cc1ccc(N2C(=O)CSC2c2ccc(NC(=O)c3ccc(Cl)cc3Cl)cc2)cc1. The zero-order chi connectivity index (χ0) is 21.3. The minimum absolute atomic E-state index is 0.0867. The number of carbonyl (C=O) groups excluding carboxylic acids is 2. The third-order valence-electron chi connectivity index (χ3n) is 4.81. The molecule has 0 bridgehead atoms. The first-order valence-electron chi connectivity index (χ1n) is 9.29. The monoisotopic (exact) mass is 456 g/mol. The molecule has 152 valence electrons. The minimum Gasteiger partial charge on any atom is -0.322 e. The molecule has 0 aliphatic carbocycles. The number of benzene rings is 3. The van der Waals surface area contributed by atoms with Crippen molar-refractivity contribution < 1.29 is 9.59 Å². The van der Waals surface area contributed by atoms with Gasteiger partial charge in [-0.1, -0.05) is 53.0 Å². The average molecular weight is 457 g/mol. The number of thioether (sulfide) groups is 1. The number of nitrogens with zero attached hydrogens (tertiary/aromatic N) is 1. The Kier molecular flexibility index (Phi) is 6.04. The fourth-order valence-electron chi connectivity index (χ4n) is 3.26. The normalized spacial score (nSPS) is 16.0. The first-order chi connectivity index (χ1) is 14.4. The predicted molar refractivity (Wildman–Crippen MR) is 125 cm³/mol. The minimum atomic E-state index is -0.309. The second-order valence-corrected chi connectivity index (χ2v) is 8.88. The number of rotatable bonds is 4. The molecule has 7 heteroatoms. The summed E-state index contributed by atoms with van der Waals surface area (Å²) in [6.07, 6.45) is 0. The molecule has 0 spiro atoms. The predicted octanol–water partition coefficient (Wildman–Crippen LogP) is 6.33. The van der Waals surface area contributed by atoms with Crippen LogP contribution in [0.5, 0.6) is 0 Å². The summed E-state index contributed by atoms with van der Waals surface area (Å²) >= 11 is 13.6. The second-order valence-electron chi connectivity index (χ2n) is 6.96. The lowest BCUT2D eigenvalue weighted by Crippen LogP contribution is -2.27. The summed E-state index contributed by atoms with van der Waals surface area (Å²) in [7, 11) is 0. The van der Waals surface area contributed by atoms with E-state index < -0.39 is 0 Å². The molecule has 1 saturated heterocycles. The highest BCUT2D eigenvalue weighted by Gasteiger charge is 2.33. The van der Waals surface area contributed by atoms with Crippen molar-refractivity contribution >= 4 is 58.2 Å². The highest BCUT2D eigenvalue weighted by Crippen LogP contribution is 2.42. The lowest BCUT2D eigenvalue weighted by Gasteiger charge is -2.24. The summed E-state index contributed by atoms with van der Waals surface area (Å²) in [4.78, 5) is 26.8. The van der Waals surface area contributed by atoms with Crippen LogP contribution < -0.4 is 10.2 Å². The molecule has 3 aromatic rings. The van der Waals surface area contributed by atoms with Gasteiger partial charge in [0.2, 0.25) is 5.91 Å². The van der Waals surface area contributed by atoms with Gasteiger partial charge in [0.15, 0.2) is 0 Å². The first-order valence-corrected chi connectivity index (χ1v) is 11.1. The Bertz CT molecular complexity index is 1100. The Morgan fingerprint density at radius 2 is 1.73 bits per heavy atom. The maximum absolute atomic E-state index is 12.5. The van der Waals surface area contributed by atoms with Crippen LogP contribution >= 0.6 is 35.0 Å². The molecule has 1 heterocycles. The number of carbonyl (C=O) groups is 2. The van der Waals surface area contributed by atoms with Crippen LogP contribution in [0.4, 0.5) is 11.4 Å². The molecule has 4 nitrogen and oxygen atoms in total. The van der Waals surface area contributed by atoms with Crippen molar-refractivity contribution in [2.75, 3.05) is 16.0 Å². The first kappa shape index (κ1) is 20.8. The Morgan fingerprint density at radius 1 is 1.03 bits per heavy atom. The van der Waals surface area contributed by atoms with Crippen LogP contribution in [-0.2, 0) is 4.79 Å². The molecule has 0 radical (unpaired) electrons. The van der Waals surface area contributed by atoms with Crippen LogP contribution in [0, 0.1) is 6.92 Å². The summed E-state index contributed by atoms with van der Waals surface area (Å²) in [6.45, 7) is 2.02. The fraction of sp³-hybridized carbons (Fsp3) is 0.130. The van der Waals surface area contributed by atoms with Gasteiger partial charge in [0.05, 0.1) is 16.3 Å². The molecule has 4 rings (SSSR count). The molecule has 2 amide bonds. The highest BCUT2D eigenvalue weighted by atomic mass is 35.5. The van der Waals surface area contributed by atoms with Crippen LogP contribution in [0.15, 0.2) is 66.7 Å². The van der Waals surface area contributed by atoms with E-state index >= 15 is 0 Å². The molecule has 1 aliphatic heterocycles. The van der Waals surface area contributed by atoms with Gasteiger partial charge >= 0.3 is 0 Å². The van der Waals surface area contributed by atoms with Crippen LogP contribution in [0.3, 0.4) is 0 Å². The molecule has 1 fully saturated rings. The van der Waals surface area contributed by atoms with Gasteiger partial charge in [-0.2, -0.15) is 0 Å². The molecule has 30 heavy (non-hydrogen) atoms. The van der Waals surface area contributed by atoms with Crippen molar-refractivity contribution in [1.82, 2.24) is 0 Å². The van der Waals surface area contributed by atoms with Gasteiger partial charge in [-0.15, -0.1) is 11.8 Å². The van der Waals surface area contributed by atoms with Crippen molar-refractivity contribution in [3.05, 3.63) is 93.5 Å². The van der Waals surface area contributed by atoms with E-state index in [0.29, 0.717) is 27.0 Å². The van der Waals surface area contributed by atoms with E-state index in [9.17, 15) is 9.59 Å². The maximum atomic E-state index is 12.5. The van der Waals surface area contributed by atoms with E-state index in [4.69, 9.17) is 23.2 Å². The average Bonchev–Trinajstić information content (AvgIpc) is 3.10. The van der Waals surface area contributed by atoms with Gasteiger partial charge in [-0.25, -0.2) is 0 Å². The quantitative estimate of drug-likeness (QED) is 0.498. The van der Waals surface area contributed by atoms with Crippen molar-refractivity contribution in [2.45, 2.75) is 12.3 Å². The number of aryl methyl sites for hydroxylation is 1. The van der Waals surface area contributed by atoms with Gasteiger partial charge in [-0.05, 0) is 55.0 Å². The van der Waals surface area contributed by atoms with E-state index in [1.165, 1.54) is 6.07 Å². The second kappa shape index (κ2) is 8.72. The zero-order valence-electron chi connectivity index (χ0n) is 16.1. The lowest BCUT2D eigenvalue weighted by molar-refractivity contribution is -0.115. The lowest BCUT2D eigenvalue weighted by atomic mass is 10.1. The standard InChI is InChI=1S/C23H18Cl2N2O2S/c1-14-2-9-18(10-3-14)27-21(28)13-30-23(27)15-4-7-17(8-5-15)26-22(29)19-11-6-16(24)12-20(19)25/h2-12,23H,13H2,1H3,(H,26,29). The highest BCUT2D eigenvalue weighted by molar-refractivity contribution is 8.00. The van der Waals surface area contributed by atoms with E-state index in [0.717, 1.165) is 16.8 Å². The number of nitrogens with one attached hydrogen (secondary N) is 1. The summed E-state index contributed by atoms with van der Waals surface area (Å²) in [5, 5.41) is 3.51. The van der Waals surface area contributed by atoms with Gasteiger partial charge in [-0.3, -0.25) is 14.5 Å². The molecule has 1 unspecified atom stereocenters. The number of amides is 2. The van der Waals surface area contributed by atoms with E-state index in [2.05, 4.69) is 5.32 Å². The molecule has 0 aromatic heterocycles. The summed E-state index contributed by atoms with van der Waals surface area (Å²) in [5.74, 6) is 0.214. The summed E-state index contributed by atoms with van der Waals surface area (Å²) in [5.41, 5.74) is 4.03. The fourth-order valence-corrected chi connectivity index (χ4v) is 4.93. The Balaban J connectivity index is 1.52. The number of halogens is 2. The summed E-state index contributed by atoms with van der Waals surface area (Å²) < 4.78 is 0. The van der Waals surface area contributed by atoms with Gasteiger partial charge in [0.25, 0.3) is 5.91 Å². The number of hydrogen-bond donors (Lipinski definition) is 1. The third-order valence-corrected chi connectivity index (χ3v) is 6.57. The van der Waals surface area contributed by atoms with Crippen molar-refractivity contribution in [3.63, 3.8) is 0 Å². The summed E-state index contributed by atoms with van der Waals surface area (Å²) in [6, 6.07) is 20.2. The molecule has 1 atom stereocenters. The molecule has 1 N–H and O–H groups in total. The van der Waals surface area contributed by atoms with E-state index in [1.807, 2.05) is 60.4 Å². The molecule has 1 aliphatic rings.